The molecule has 1 N–H and O–H groups in total. The van der Waals surface area contributed by atoms with Crippen LogP contribution in [0.4, 0.5) is 57.1 Å². The smallest absolute Gasteiger partial charge is 0.379 e. The number of hydrogen-bond donors (Lipinski definition) is 1. The molecule has 1 rings (SSSR count). The van der Waals surface area contributed by atoms with Crippen LogP contribution < -0.4 is 4.72 Å². The van der Waals surface area contributed by atoms with Gasteiger partial charge in [0.2, 0.25) is 0 Å². The summed E-state index contributed by atoms with van der Waals surface area (Å²) in [4.78, 5) is 1.37. The number of halogens is 13. The lowest BCUT2D eigenvalue weighted by Gasteiger charge is -2.37. The fourth-order valence-corrected chi connectivity index (χ4v) is 3.33. The molecule has 0 unspecified atom stereocenters. The molecular formula is C13H15F13N2O3S. The van der Waals surface area contributed by atoms with Gasteiger partial charge in [-0.15, -0.1) is 0 Å². The number of rotatable bonds is 10. The van der Waals surface area contributed by atoms with E-state index in [1.54, 1.807) is 0 Å². The highest BCUT2D eigenvalue weighted by atomic mass is 32.2. The van der Waals surface area contributed by atoms with Crippen molar-refractivity contribution in [3.05, 3.63) is 0 Å². The molecule has 5 nitrogen and oxygen atoms in total. The minimum atomic E-state index is -7.64. The number of alkyl halides is 13. The first-order valence-electron chi connectivity index (χ1n) is 8.29. The zero-order valence-electron chi connectivity index (χ0n) is 15.4. The Morgan fingerprint density at radius 1 is 0.750 bits per heavy atom. The second-order valence-corrected chi connectivity index (χ2v) is 8.41. The molecule has 0 aromatic carbocycles. The fraction of sp³-hybridized carbons (Fsp3) is 1.00. The van der Waals surface area contributed by atoms with E-state index in [4.69, 9.17) is 4.74 Å². The van der Waals surface area contributed by atoms with E-state index >= 15 is 0 Å². The van der Waals surface area contributed by atoms with Crippen LogP contribution >= 0.6 is 0 Å². The highest BCUT2D eigenvalue weighted by Crippen LogP contribution is 2.57. The SMILES string of the molecule is O=S(=O)(NCCN1CCOCC1)C(F)(F)C(F)(F)C(F)(F)C(F)(F)CC(F)(F)C(F)(F)F. The molecule has 0 amide bonds. The molecule has 0 aliphatic carbocycles. The number of nitrogens with one attached hydrogen (secondary N) is 1. The normalized spacial score (nSPS) is 18.8. The summed E-state index contributed by atoms with van der Waals surface area (Å²) in [6, 6.07) is 0. The molecule has 0 atom stereocenters. The van der Waals surface area contributed by atoms with Crippen LogP contribution in [0.1, 0.15) is 6.42 Å². The molecule has 0 bridgehead atoms. The third-order valence-corrected chi connectivity index (χ3v) is 5.75. The van der Waals surface area contributed by atoms with E-state index in [1.165, 1.54) is 4.90 Å². The first kappa shape index (κ1) is 29.0. The van der Waals surface area contributed by atoms with Crippen LogP contribution in [0.15, 0.2) is 0 Å². The molecule has 0 aromatic rings. The highest BCUT2D eigenvalue weighted by molar-refractivity contribution is 7.90. The van der Waals surface area contributed by atoms with E-state index in [0.717, 1.165) is 4.72 Å². The molecule has 1 aliphatic heterocycles. The van der Waals surface area contributed by atoms with Crippen LogP contribution in [-0.4, -0.2) is 87.8 Å². The summed E-state index contributed by atoms with van der Waals surface area (Å²) in [6.45, 7) is -0.954. The van der Waals surface area contributed by atoms with Crippen LogP contribution in [0.3, 0.4) is 0 Å². The van der Waals surface area contributed by atoms with Crippen LogP contribution in [0, 0.1) is 0 Å². The van der Waals surface area contributed by atoms with Crippen LogP contribution in [-0.2, 0) is 14.8 Å². The summed E-state index contributed by atoms with van der Waals surface area (Å²) in [6.07, 6.45) is -11.3. The Morgan fingerprint density at radius 2 is 1.22 bits per heavy atom. The van der Waals surface area contributed by atoms with Crippen molar-refractivity contribution in [1.29, 1.82) is 0 Å². The molecule has 1 aliphatic rings. The summed E-state index contributed by atoms with van der Waals surface area (Å²) in [5.74, 6) is -29.0. The van der Waals surface area contributed by atoms with Crippen LogP contribution in [0.5, 0.6) is 0 Å². The minimum Gasteiger partial charge on any atom is -0.379 e. The summed E-state index contributed by atoms with van der Waals surface area (Å²) in [5, 5.41) is -7.04. The average molecular weight is 526 g/mol. The van der Waals surface area contributed by atoms with Gasteiger partial charge >= 0.3 is 35.1 Å². The van der Waals surface area contributed by atoms with E-state index in [9.17, 15) is 65.5 Å². The van der Waals surface area contributed by atoms with E-state index < -0.39 is 64.7 Å². The summed E-state index contributed by atoms with van der Waals surface area (Å²) in [5.41, 5.74) is 0. The average Bonchev–Trinajstić information content (AvgIpc) is 2.60. The predicted molar refractivity (Wildman–Crippen MR) is 79.6 cm³/mol. The summed E-state index contributed by atoms with van der Waals surface area (Å²) < 4.78 is 199. The topological polar surface area (TPSA) is 58.6 Å². The van der Waals surface area contributed by atoms with Crippen LogP contribution in [0.25, 0.3) is 0 Å². The van der Waals surface area contributed by atoms with E-state index in [2.05, 4.69) is 0 Å². The van der Waals surface area contributed by atoms with Gasteiger partial charge in [-0.2, -0.15) is 57.1 Å². The Labute approximate surface area is 171 Å². The van der Waals surface area contributed by atoms with Gasteiger partial charge < -0.3 is 4.74 Å². The van der Waals surface area contributed by atoms with Crippen molar-refractivity contribution in [3.63, 3.8) is 0 Å². The van der Waals surface area contributed by atoms with E-state index in [0.29, 0.717) is 0 Å². The first-order valence-corrected chi connectivity index (χ1v) is 9.77. The van der Waals surface area contributed by atoms with Gasteiger partial charge in [-0.25, -0.2) is 13.1 Å². The number of ether oxygens (including phenoxy) is 1. The van der Waals surface area contributed by atoms with Gasteiger partial charge in [-0.3, -0.25) is 4.90 Å². The maximum Gasteiger partial charge on any atom is 0.453 e. The maximum atomic E-state index is 13.8. The fourth-order valence-electron chi connectivity index (χ4n) is 2.32. The van der Waals surface area contributed by atoms with Gasteiger partial charge in [0.25, 0.3) is 10.0 Å². The van der Waals surface area contributed by atoms with Gasteiger partial charge in [0, 0.05) is 26.2 Å². The summed E-state index contributed by atoms with van der Waals surface area (Å²) >= 11 is 0. The van der Waals surface area contributed by atoms with Gasteiger partial charge in [0.15, 0.2) is 0 Å². The van der Waals surface area contributed by atoms with Crippen molar-refractivity contribution in [1.82, 2.24) is 9.62 Å². The Kier molecular flexibility index (Phi) is 8.08. The molecule has 32 heavy (non-hydrogen) atoms. The molecule has 192 valence electrons. The standard InChI is InChI=1S/C13H15F13N2O3S/c14-8(15,7-9(16,17)12(22,23)24)10(18,19)11(20,21)13(25,26)32(29,30)27-1-2-28-3-5-31-6-4-28/h27H,1-7H2. The quantitative estimate of drug-likeness (QED) is 0.444. The lowest BCUT2D eigenvalue weighted by molar-refractivity contribution is -0.372. The third kappa shape index (κ3) is 5.35. The number of hydrogen-bond acceptors (Lipinski definition) is 4. The van der Waals surface area contributed by atoms with Gasteiger partial charge in [0.1, 0.15) is 0 Å². The monoisotopic (exact) mass is 526 g/mol. The molecular weight excluding hydrogens is 511 g/mol. The number of morpholine rings is 1. The zero-order chi connectivity index (χ0) is 25.4. The predicted octanol–water partition coefficient (Wildman–Crippen LogP) is 3.32. The molecule has 1 saturated heterocycles. The minimum absolute atomic E-state index is 0.130. The van der Waals surface area contributed by atoms with E-state index in [-0.39, 0.29) is 26.3 Å². The number of nitrogens with zero attached hydrogens (tertiary/aromatic N) is 1. The molecule has 0 radical (unpaired) electrons. The molecule has 19 heteroatoms. The molecule has 1 heterocycles. The molecule has 1 fully saturated rings. The third-order valence-electron chi connectivity index (χ3n) is 4.24. The second kappa shape index (κ2) is 8.94. The number of sulfonamides is 1. The van der Waals surface area contributed by atoms with Gasteiger partial charge in [-0.05, 0) is 0 Å². The Bertz CT molecular complexity index is 749. The zero-order valence-corrected chi connectivity index (χ0v) is 16.3. The second-order valence-electron chi connectivity index (χ2n) is 6.60. The van der Waals surface area contributed by atoms with Crippen molar-refractivity contribution >= 4 is 10.0 Å². The Hall–Kier alpha value is -1.08. The Morgan fingerprint density at radius 3 is 1.66 bits per heavy atom. The molecule has 0 aromatic heterocycles. The van der Waals surface area contributed by atoms with Crippen molar-refractivity contribution in [2.75, 3.05) is 39.4 Å². The Balaban J connectivity index is 3.11. The van der Waals surface area contributed by atoms with Crippen molar-refractivity contribution in [2.24, 2.45) is 0 Å². The van der Waals surface area contributed by atoms with Gasteiger partial charge in [0.05, 0.1) is 19.6 Å². The van der Waals surface area contributed by atoms with Crippen molar-refractivity contribution in [3.8, 4) is 0 Å². The largest absolute Gasteiger partial charge is 0.453 e. The molecule has 0 saturated carbocycles. The summed E-state index contributed by atoms with van der Waals surface area (Å²) in [7, 11) is -6.85. The first-order chi connectivity index (χ1) is 14.0. The van der Waals surface area contributed by atoms with E-state index in [1.807, 2.05) is 0 Å². The lowest BCUT2D eigenvalue weighted by Crippen LogP contribution is -2.67. The highest BCUT2D eigenvalue weighted by Gasteiger charge is 2.85. The lowest BCUT2D eigenvalue weighted by atomic mass is 9.98. The maximum absolute atomic E-state index is 13.8. The van der Waals surface area contributed by atoms with Crippen molar-refractivity contribution in [2.45, 2.75) is 41.5 Å². The molecule has 0 spiro atoms. The van der Waals surface area contributed by atoms with Gasteiger partial charge in [-0.1, -0.05) is 0 Å². The van der Waals surface area contributed by atoms with Crippen LogP contribution in [0.2, 0.25) is 0 Å². The van der Waals surface area contributed by atoms with Crippen molar-refractivity contribution < 1.29 is 70.2 Å².